The summed E-state index contributed by atoms with van der Waals surface area (Å²) in [7, 11) is 0. The average molecular weight is 284 g/mol. The van der Waals surface area contributed by atoms with Gasteiger partial charge in [-0.05, 0) is 42.0 Å². The highest BCUT2D eigenvalue weighted by Gasteiger charge is 2.24. The third-order valence-electron chi connectivity index (χ3n) is 3.64. The van der Waals surface area contributed by atoms with Gasteiger partial charge in [-0.15, -0.1) is 0 Å². The molecule has 0 unspecified atom stereocenters. The summed E-state index contributed by atoms with van der Waals surface area (Å²) in [4.78, 5) is 12.8. The summed E-state index contributed by atoms with van der Waals surface area (Å²) in [6.45, 7) is 9.77. The summed E-state index contributed by atoms with van der Waals surface area (Å²) >= 11 is 0. The summed E-state index contributed by atoms with van der Waals surface area (Å²) in [5.41, 5.74) is 3.04. The molecule has 0 amide bonds. The fraction of sp³-hybridized carbons (Fsp3) is 0.316. The molecule has 2 rings (SSSR count). The quantitative estimate of drug-likeness (QED) is 0.711. The van der Waals surface area contributed by atoms with Crippen molar-refractivity contribution in [3.8, 4) is 0 Å². The Morgan fingerprint density at radius 3 is 2.24 bits per heavy atom. The molecule has 0 aliphatic carbocycles. The number of halogens is 1. The summed E-state index contributed by atoms with van der Waals surface area (Å²) in [6.07, 6.45) is 0. The maximum atomic E-state index is 14.3. The molecule has 0 saturated heterocycles. The van der Waals surface area contributed by atoms with Crippen LogP contribution in [0.4, 0.5) is 4.39 Å². The molecule has 2 aromatic carbocycles. The van der Waals surface area contributed by atoms with Crippen LogP contribution >= 0.6 is 0 Å². The molecule has 110 valence electrons. The number of benzene rings is 2. The van der Waals surface area contributed by atoms with E-state index in [9.17, 15) is 9.18 Å². The Morgan fingerprint density at radius 2 is 1.67 bits per heavy atom. The Hall–Kier alpha value is -1.96. The first kappa shape index (κ1) is 15.4. The predicted octanol–water partition coefficient (Wildman–Crippen LogP) is 4.97. The molecule has 0 fully saturated rings. The second-order valence-electron chi connectivity index (χ2n) is 6.56. The molecule has 2 heteroatoms. The van der Waals surface area contributed by atoms with Gasteiger partial charge in [-0.3, -0.25) is 4.79 Å². The lowest BCUT2D eigenvalue weighted by Crippen LogP contribution is -2.18. The van der Waals surface area contributed by atoms with Gasteiger partial charge < -0.3 is 0 Å². The zero-order valence-electron chi connectivity index (χ0n) is 13.3. The SMILES string of the molecule is Cc1cc(C)c(C(=O)c2ccccc2C(C)(C)C)c(F)c1. The summed E-state index contributed by atoms with van der Waals surface area (Å²) in [5.74, 6) is -0.684. The number of hydrogen-bond donors (Lipinski definition) is 0. The van der Waals surface area contributed by atoms with Gasteiger partial charge in [-0.25, -0.2) is 4.39 Å². The summed E-state index contributed by atoms with van der Waals surface area (Å²) in [6, 6.07) is 10.7. The Labute approximate surface area is 125 Å². The molecule has 0 N–H and O–H groups in total. The first-order valence-electron chi connectivity index (χ1n) is 7.13. The van der Waals surface area contributed by atoms with Crippen molar-refractivity contribution in [1.82, 2.24) is 0 Å². The van der Waals surface area contributed by atoms with Gasteiger partial charge in [0.2, 0.25) is 0 Å². The maximum Gasteiger partial charge on any atom is 0.196 e. The largest absolute Gasteiger partial charge is 0.288 e. The number of rotatable bonds is 2. The third-order valence-corrected chi connectivity index (χ3v) is 3.64. The van der Waals surface area contributed by atoms with E-state index in [1.165, 1.54) is 6.07 Å². The molecule has 0 radical (unpaired) electrons. The molecule has 0 atom stereocenters. The lowest BCUT2D eigenvalue weighted by atomic mass is 9.81. The van der Waals surface area contributed by atoms with Gasteiger partial charge >= 0.3 is 0 Å². The van der Waals surface area contributed by atoms with Gasteiger partial charge in [0, 0.05) is 5.56 Å². The van der Waals surface area contributed by atoms with E-state index in [4.69, 9.17) is 0 Å². The smallest absolute Gasteiger partial charge is 0.196 e. The van der Waals surface area contributed by atoms with Gasteiger partial charge in [0.1, 0.15) is 5.82 Å². The molecule has 0 saturated carbocycles. The van der Waals surface area contributed by atoms with E-state index in [2.05, 4.69) is 20.8 Å². The zero-order valence-corrected chi connectivity index (χ0v) is 13.3. The Morgan fingerprint density at radius 1 is 1.05 bits per heavy atom. The van der Waals surface area contributed by atoms with Gasteiger partial charge in [-0.1, -0.05) is 51.1 Å². The number of ketones is 1. The van der Waals surface area contributed by atoms with E-state index >= 15 is 0 Å². The molecule has 0 bridgehead atoms. The molecular weight excluding hydrogens is 263 g/mol. The van der Waals surface area contributed by atoms with Crippen molar-refractivity contribution in [2.45, 2.75) is 40.0 Å². The first-order valence-corrected chi connectivity index (χ1v) is 7.13. The van der Waals surface area contributed by atoms with Crippen LogP contribution in [0.1, 0.15) is 53.4 Å². The minimum Gasteiger partial charge on any atom is -0.288 e. The van der Waals surface area contributed by atoms with Crippen molar-refractivity contribution in [3.63, 3.8) is 0 Å². The van der Waals surface area contributed by atoms with E-state index in [-0.39, 0.29) is 16.8 Å². The van der Waals surface area contributed by atoms with E-state index in [1.54, 1.807) is 13.0 Å². The number of aryl methyl sites for hydroxylation is 2. The Balaban J connectivity index is 2.62. The molecule has 0 aliphatic heterocycles. The van der Waals surface area contributed by atoms with Crippen LogP contribution in [-0.2, 0) is 5.41 Å². The molecule has 1 nitrogen and oxygen atoms in total. The second kappa shape index (κ2) is 5.44. The molecule has 0 spiro atoms. The lowest BCUT2D eigenvalue weighted by Gasteiger charge is -2.22. The second-order valence-corrected chi connectivity index (χ2v) is 6.56. The molecule has 21 heavy (non-hydrogen) atoms. The molecule has 0 aromatic heterocycles. The van der Waals surface area contributed by atoms with Crippen molar-refractivity contribution in [3.05, 3.63) is 70.0 Å². The Kier molecular flexibility index (Phi) is 3.99. The van der Waals surface area contributed by atoms with Crippen LogP contribution in [0.15, 0.2) is 36.4 Å². The minimum absolute atomic E-state index is 0.165. The maximum absolute atomic E-state index is 14.3. The van der Waals surface area contributed by atoms with E-state index < -0.39 is 5.82 Å². The van der Waals surface area contributed by atoms with E-state index in [0.717, 1.165) is 11.1 Å². The minimum atomic E-state index is -0.443. The molecule has 0 heterocycles. The third kappa shape index (κ3) is 3.05. The number of hydrogen-bond acceptors (Lipinski definition) is 1. The molecule has 2 aromatic rings. The van der Waals surface area contributed by atoms with Gasteiger partial charge in [-0.2, -0.15) is 0 Å². The summed E-state index contributed by atoms with van der Waals surface area (Å²) < 4.78 is 14.3. The highest BCUT2D eigenvalue weighted by atomic mass is 19.1. The molecular formula is C19H21FO. The first-order chi connectivity index (χ1) is 9.71. The van der Waals surface area contributed by atoms with Gasteiger partial charge in [0.05, 0.1) is 5.56 Å². The highest BCUT2D eigenvalue weighted by molar-refractivity contribution is 6.11. The Bertz CT molecular complexity index is 670. The van der Waals surface area contributed by atoms with Crippen LogP contribution in [0.3, 0.4) is 0 Å². The lowest BCUT2D eigenvalue weighted by molar-refractivity contribution is 0.103. The standard InChI is InChI=1S/C19H21FO/c1-12-10-13(2)17(16(20)11-12)18(21)14-8-6-7-9-15(14)19(3,4)5/h6-11H,1-5H3. The van der Waals surface area contributed by atoms with Crippen molar-refractivity contribution in [2.75, 3.05) is 0 Å². The van der Waals surface area contributed by atoms with E-state index in [1.807, 2.05) is 31.2 Å². The van der Waals surface area contributed by atoms with Gasteiger partial charge in [0.15, 0.2) is 5.78 Å². The number of carbonyl (C=O) groups excluding carboxylic acids is 1. The molecule has 0 aliphatic rings. The van der Waals surface area contributed by atoms with Crippen molar-refractivity contribution in [1.29, 1.82) is 0 Å². The normalized spacial score (nSPS) is 11.5. The topological polar surface area (TPSA) is 17.1 Å². The van der Waals surface area contributed by atoms with Crippen molar-refractivity contribution in [2.24, 2.45) is 0 Å². The van der Waals surface area contributed by atoms with Crippen molar-refractivity contribution < 1.29 is 9.18 Å². The zero-order chi connectivity index (χ0) is 15.8. The van der Waals surface area contributed by atoms with Crippen LogP contribution in [0.2, 0.25) is 0 Å². The fourth-order valence-electron chi connectivity index (χ4n) is 2.67. The summed E-state index contributed by atoms with van der Waals surface area (Å²) in [5, 5.41) is 0. The van der Waals surface area contributed by atoms with E-state index in [0.29, 0.717) is 11.1 Å². The predicted molar refractivity (Wildman–Crippen MR) is 84.4 cm³/mol. The van der Waals surface area contributed by atoms with Gasteiger partial charge in [0.25, 0.3) is 0 Å². The highest BCUT2D eigenvalue weighted by Crippen LogP contribution is 2.29. The number of carbonyl (C=O) groups is 1. The average Bonchev–Trinajstić information content (AvgIpc) is 2.36. The fourth-order valence-corrected chi connectivity index (χ4v) is 2.67. The van der Waals surface area contributed by atoms with Crippen molar-refractivity contribution >= 4 is 5.78 Å². The van der Waals surface area contributed by atoms with Crippen LogP contribution in [-0.4, -0.2) is 5.78 Å². The van der Waals surface area contributed by atoms with Crippen LogP contribution in [0, 0.1) is 19.7 Å². The van der Waals surface area contributed by atoms with Crippen LogP contribution in [0.5, 0.6) is 0 Å². The van der Waals surface area contributed by atoms with Crippen LogP contribution < -0.4 is 0 Å². The van der Waals surface area contributed by atoms with Crippen LogP contribution in [0.25, 0.3) is 0 Å². The monoisotopic (exact) mass is 284 g/mol.